The van der Waals surface area contributed by atoms with Crippen LogP contribution in [0.25, 0.3) is 0 Å². The number of nitrogens with zero attached hydrogens (tertiary/aromatic N) is 3. The maximum Gasteiger partial charge on any atom is 0.253 e. The lowest BCUT2D eigenvalue weighted by Crippen LogP contribution is -2.35. The van der Waals surface area contributed by atoms with E-state index in [4.69, 9.17) is 5.26 Å². The number of amides is 1. The SMILES string of the molecule is N#Cc1ccc(NCc2ccc(C(=O)N3CCCCC3)cc2)cn1. The number of likely N-dealkylation sites (tertiary alicyclic amines) is 1. The first-order valence-corrected chi connectivity index (χ1v) is 8.24. The fourth-order valence-corrected chi connectivity index (χ4v) is 2.81. The van der Waals surface area contributed by atoms with Gasteiger partial charge in [-0.05, 0) is 49.1 Å². The zero-order valence-electron chi connectivity index (χ0n) is 13.5. The van der Waals surface area contributed by atoms with Crippen LogP contribution in [0.3, 0.4) is 0 Å². The Bertz CT molecular complexity index is 725. The minimum atomic E-state index is 0.130. The van der Waals surface area contributed by atoms with Crippen molar-refractivity contribution in [1.29, 1.82) is 5.26 Å². The minimum Gasteiger partial charge on any atom is -0.380 e. The summed E-state index contributed by atoms with van der Waals surface area (Å²) in [5.74, 6) is 0.130. The molecule has 1 N–H and O–H groups in total. The van der Waals surface area contributed by atoms with Gasteiger partial charge in [-0.15, -0.1) is 0 Å². The molecule has 0 radical (unpaired) electrons. The van der Waals surface area contributed by atoms with Crippen molar-refractivity contribution < 1.29 is 4.79 Å². The Labute approximate surface area is 141 Å². The number of benzene rings is 1. The van der Waals surface area contributed by atoms with Crippen LogP contribution in [0.15, 0.2) is 42.6 Å². The Morgan fingerprint density at radius 3 is 2.50 bits per heavy atom. The molecule has 1 saturated heterocycles. The van der Waals surface area contributed by atoms with E-state index in [9.17, 15) is 4.79 Å². The maximum atomic E-state index is 12.4. The minimum absolute atomic E-state index is 0.130. The van der Waals surface area contributed by atoms with Gasteiger partial charge < -0.3 is 10.2 Å². The number of hydrogen-bond donors (Lipinski definition) is 1. The highest BCUT2D eigenvalue weighted by molar-refractivity contribution is 5.94. The summed E-state index contributed by atoms with van der Waals surface area (Å²) in [6, 6.07) is 13.2. The molecule has 1 aliphatic heterocycles. The van der Waals surface area contributed by atoms with Crippen LogP contribution >= 0.6 is 0 Å². The Hall–Kier alpha value is -2.87. The molecule has 0 saturated carbocycles. The summed E-state index contributed by atoms with van der Waals surface area (Å²) in [5, 5.41) is 12.0. The first-order chi connectivity index (χ1) is 11.8. The van der Waals surface area contributed by atoms with Crippen molar-refractivity contribution in [1.82, 2.24) is 9.88 Å². The van der Waals surface area contributed by atoms with Crippen LogP contribution in [0.4, 0.5) is 5.69 Å². The van der Waals surface area contributed by atoms with E-state index in [0.29, 0.717) is 12.2 Å². The molecule has 2 heterocycles. The van der Waals surface area contributed by atoms with Crippen molar-refractivity contribution in [3.8, 4) is 6.07 Å². The van der Waals surface area contributed by atoms with Gasteiger partial charge in [0.05, 0.1) is 11.9 Å². The van der Waals surface area contributed by atoms with Crippen molar-refractivity contribution in [2.24, 2.45) is 0 Å². The Balaban J connectivity index is 1.57. The van der Waals surface area contributed by atoms with Crippen molar-refractivity contribution in [2.75, 3.05) is 18.4 Å². The third kappa shape index (κ3) is 3.90. The summed E-state index contributed by atoms with van der Waals surface area (Å²) < 4.78 is 0. The van der Waals surface area contributed by atoms with Gasteiger partial charge in [0, 0.05) is 25.2 Å². The molecule has 3 rings (SSSR count). The number of nitriles is 1. The molecule has 1 aromatic heterocycles. The number of carbonyl (C=O) groups excluding carboxylic acids is 1. The second kappa shape index (κ2) is 7.60. The molecule has 1 aromatic carbocycles. The van der Waals surface area contributed by atoms with Crippen LogP contribution in [0.2, 0.25) is 0 Å². The van der Waals surface area contributed by atoms with Gasteiger partial charge in [-0.1, -0.05) is 12.1 Å². The standard InChI is InChI=1S/C19H20N4O/c20-12-17-8-9-18(14-22-17)21-13-15-4-6-16(7-5-15)19(24)23-10-2-1-3-11-23/h4-9,14,21H,1-3,10-11,13H2. The number of anilines is 1. The lowest BCUT2D eigenvalue weighted by Gasteiger charge is -2.26. The summed E-state index contributed by atoms with van der Waals surface area (Å²) in [6.45, 7) is 2.38. The van der Waals surface area contributed by atoms with Gasteiger partial charge >= 0.3 is 0 Å². The Morgan fingerprint density at radius 2 is 1.88 bits per heavy atom. The smallest absolute Gasteiger partial charge is 0.253 e. The van der Waals surface area contributed by atoms with E-state index in [1.165, 1.54) is 6.42 Å². The summed E-state index contributed by atoms with van der Waals surface area (Å²) >= 11 is 0. The largest absolute Gasteiger partial charge is 0.380 e. The van der Waals surface area contributed by atoms with E-state index in [0.717, 1.165) is 42.7 Å². The summed E-state index contributed by atoms with van der Waals surface area (Å²) in [6.07, 6.45) is 5.07. The topological polar surface area (TPSA) is 69.0 Å². The zero-order chi connectivity index (χ0) is 16.8. The number of pyridine rings is 1. The summed E-state index contributed by atoms with van der Waals surface area (Å²) in [4.78, 5) is 18.4. The monoisotopic (exact) mass is 320 g/mol. The fraction of sp³-hybridized carbons (Fsp3) is 0.316. The Morgan fingerprint density at radius 1 is 1.12 bits per heavy atom. The van der Waals surface area contributed by atoms with Crippen LogP contribution in [0.5, 0.6) is 0 Å². The fourth-order valence-electron chi connectivity index (χ4n) is 2.81. The van der Waals surface area contributed by atoms with E-state index in [1.54, 1.807) is 12.3 Å². The van der Waals surface area contributed by atoms with E-state index in [1.807, 2.05) is 41.3 Å². The van der Waals surface area contributed by atoms with Crippen LogP contribution in [-0.4, -0.2) is 28.9 Å². The van der Waals surface area contributed by atoms with Gasteiger partial charge in [0.25, 0.3) is 5.91 Å². The number of aromatic nitrogens is 1. The zero-order valence-corrected chi connectivity index (χ0v) is 13.5. The van der Waals surface area contributed by atoms with Crippen LogP contribution in [0, 0.1) is 11.3 Å². The molecule has 1 aliphatic rings. The van der Waals surface area contributed by atoms with E-state index in [-0.39, 0.29) is 5.91 Å². The van der Waals surface area contributed by atoms with E-state index < -0.39 is 0 Å². The quantitative estimate of drug-likeness (QED) is 0.939. The summed E-state index contributed by atoms with van der Waals surface area (Å²) in [7, 11) is 0. The summed E-state index contributed by atoms with van der Waals surface area (Å²) in [5.41, 5.74) is 3.11. The van der Waals surface area contributed by atoms with Gasteiger partial charge in [0.1, 0.15) is 11.8 Å². The van der Waals surface area contributed by atoms with Gasteiger partial charge in [-0.25, -0.2) is 4.98 Å². The van der Waals surface area contributed by atoms with Crippen molar-refractivity contribution in [3.63, 3.8) is 0 Å². The van der Waals surface area contributed by atoms with Gasteiger partial charge in [-0.3, -0.25) is 4.79 Å². The number of carbonyl (C=O) groups is 1. The third-order valence-corrected chi connectivity index (χ3v) is 4.22. The van der Waals surface area contributed by atoms with Gasteiger partial charge in [0.15, 0.2) is 0 Å². The molecule has 24 heavy (non-hydrogen) atoms. The predicted molar refractivity (Wildman–Crippen MR) is 92.5 cm³/mol. The number of rotatable bonds is 4. The van der Waals surface area contributed by atoms with Crippen LogP contribution in [0.1, 0.15) is 40.9 Å². The average molecular weight is 320 g/mol. The second-order valence-electron chi connectivity index (χ2n) is 5.95. The lowest BCUT2D eigenvalue weighted by atomic mass is 10.1. The Kier molecular flexibility index (Phi) is 5.07. The second-order valence-corrected chi connectivity index (χ2v) is 5.95. The van der Waals surface area contributed by atoms with Crippen LogP contribution in [-0.2, 0) is 6.54 Å². The van der Waals surface area contributed by atoms with E-state index in [2.05, 4.69) is 10.3 Å². The van der Waals surface area contributed by atoms with Gasteiger partial charge in [-0.2, -0.15) is 5.26 Å². The lowest BCUT2D eigenvalue weighted by molar-refractivity contribution is 0.0724. The highest BCUT2D eigenvalue weighted by Gasteiger charge is 2.17. The first kappa shape index (κ1) is 16.0. The molecule has 0 spiro atoms. The molecule has 5 heteroatoms. The molecule has 0 unspecified atom stereocenters. The highest BCUT2D eigenvalue weighted by atomic mass is 16.2. The molecule has 0 atom stereocenters. The molecule has 122 valence electrons. The van der Waals surface area contributed by atoms with E-state index >= 15 is 0 Å². The number of piperidine rings is 1. The van der Waals surface area contributed by atoms with Crippen molar-refractivity contribution >= 4 is 11.6 Å². The number of nitrogens with one attached hydrogen (secondary N) is 1. The van der Waals surface area contributed by atoms with Crippen LogP contribution < -0.4 is 5.32 Å². The molecule has 1 amide bonds. The third-order valence-electron chi connectivity index (χ3n) is 4.22. The number of hydrogen-bond acceptors (Lipinski definition) is 4. The molecular formula is C19H20N4O. The maximum absolute atomic E-state index is 12.4. The van der Waals surface area contributed by atoms with Gasteiger partial charge in [0.2, 0.25) is 0 Å². The molecular weight excluding hydrogens is 300 g/mol. The van der Waals surface area contributed by atoms with Crippen molar-refractivity contribution in [2.45, 2.75) is 25.8 Å². The molecule has 2 aromatic rings. The predicted octanol–water partition coefficient (Wildman–Crippen LogP) is 3.19. The normalized spacial score (nSPS) is 14.0. The first-order valence-electron chi connectivity index (χ1n) is 8.24. The molecule has 0 aliphatic carbocycles. The average Bonchev–Trinajstić information content (AvgIpc) is 2.67. The molecule has 1 fully saturated rings. The highest BCUT2D eigenvalue weighted by Crippen LogP contribution is 2.14. The molecule has 0 bridgehead atoms. The van der Waals surface area contributed by atoms with Crippen molar-refractivity contribution in [3.05, 3.63) is 59.4 Å². The molecule has 5 nitrogen and oxygen atoms in total.